The predicted molar refractivity (Wildman–Crippen MR) is 85.3 cm³/mol. The van der Waals surface area contributed by atoms with E-state index in [1.54, 1.807) is 0 Å². The zero-order valence-corrected chi connectivity index (χ0v) is 13.0. The Hall–Kier alpha value is -2.30. The van der Waals surface area contributed by atoms with E-state index in [1.807, 2.05) is 23.9 Å². The summed E-state index contributed by atoms with van der Waals surface area (Å²) in [5.41, 5.74) is 12.3. The normalized spacial score (nSPS) is 11.4. The van der Waals surface area contributed by atoms with E-state index in [0.717, 1.165) is 41.2 Å². The van der Waals surface area contributed by atoms with Gasteiger partial charge >= 0.3 is 0 Å². The Balaban J connectivity index is 2.15. The molecule has 3 rings (SSSR count). The molecule has 2 heterocycles. The van der Waals surface area contributed by atoms with Crippen molar-refractivity contribution in [1.29, 1.82) is 0 Å². The topological polar surface area (TPSA) is 61.7 Å². The molecule has 0 bridgehead atoms. The molecule has 110 valence electrons. The molecule has 2 N–H and O–H groups in total. The summed E-state index contributed by atoms with van der Waals surface area (Å²) in [5, 5.41) is 4.50. The highest BCUT2D eigenvalue weighted by atomic mass is 15.3. The molecule has 0 saturated carbocycles. The number of benzene rings is 1. The fraction of sp³-hybridized carbons (Fsp3) is 0.375. The molecule has 5 nitrogen and oxygen atoms in total. The molecule has 0 saturated heterocycles. The number of fused-ring (bicyclic) bond motifs is 1. The Labute approximate surface area is 124 Å². The number of nitrogen functional groups attached to an aromatic ring is 1. The van der Waals surface area contributed by atoms with Crippen molar-refractivity contribution >= 4 is 16.7 Å². The first-order valence-corrected chi connectivity index (χ1v) is 7.25. The second-order valence-electron chi connectivity index (χ2n) is 5.49. The number of aryl methyl sites for hydroxylation is 3. The van der Waals surface area contributed by atoms with Crippen LogP contribution in [0, 0.1) is 13.8 Å². The standard InChI is InChI=1S/C16H21N5/c1-5-16-18-14-8-12(17)6-7-15(14)21(16)9-13-10(2)19-20(4)11(13)3/h6-8H,5,9,17H2,1-4H3. The lowest BCUT2D eigenvalue weighted by Gasteiger charge is -2.09. The maximum absolute atomic E-state index is 5.87. The van der Waals surface area contributed by atoms with E-state index < -0.39 is 0 Å². The molecule has 0 aliphatic heterocycles. The van der Waals surface area contributed by atoms with Gasteiger partial charge in [-0.1, -0.05) is 6.92 Å². The quantitative estimate of drug-likeness (QED) is 0.751. The average molecular weight is 283 g/mol. The van der Waals surface area contributed by atoms with Gasteiger partial charge in [-0.05, 0) is 32.0 Å². The van der Waals surface area contributed by atoms with Gasteiger partial charge in [0.1, 0.15) is 5.82 Å². The second-order valence-corrected chi connectivity index (χ2v) is 5.49. The van der Waals surface area contributed by atoms with Crippen molar-refractivity contribution < 1.29 is 0 Å². The Morgan fingerprint density at radius 1 is 1.24 bits per heavy atom. The van der Waals surface area contributed by atoms with Gasteiger partial charge in [0.25, 0.3) is 0 Å². The highest BCUT2D eigenvalue weighted by molar-refractivity contribution is 5.79. The number of aromatic nitrogens is 4. The van der Waals surface area contributed by atoms with Crippen LogP contribution in [0.3, 0.4) is 0 Å². The van der Waals surface area contributed by atoms with Crippen molar-refractivity contribution in [2.24, 2.45) is 7.05 Å². The van der Waals surface area contributed by atoms with Crippen LogP contribution in [0.1, 0.15) is 29.7 Å². The van der Waals surface area contributed by atoms with Gasteiger partial charge in [-0.3, -0.25) is 4.68 Å². The lowest BCUT2D eigenvalue weighted by Crippen LogP contribution is -2.06. The summed E-state index contributed by atoms with van der Waals surface area (Å²) in [6.45, 7) is 7.10. The number of nitrogens with zero attached hydrogens (tertiary/aromatic N) is 4. The lowest BCUT2D eigenvalue weighted by molar-refractivity contribution is 0.722. The molecular formula is C16H21N5. The number of anilines is 1. The minimum Gasteiger partial charge on any atom is -0.399 e. The SMILES string of the molecule is CCc1nc2cc(N)ccc2n1Cc1c(C)nn(C)c1C. The molecular weight excluding hydrogens is 262 g/mol. The van der Waals surface area contributed by atoms with Crippen molar-refractivity contribution in [3.63, 3.8) is 0 Å². The minimum absolute atomic E-state index is 0.753. The molecule has 2 aromatic heterocycles. The number of nitrogens with two attached hydrogens (primary N) is 1. The van der Waals surface area contributed by atoms with Gasteiger partial charge in [0.15, 0.2) is 0 Å². The van der Waals surface area contributed by atoms with Gasteiger partial charge in [-0.25, -0.2) is 4.98 Å². The van der Waals surface area contributed by atoms with Crippen LogP contribution in [0.4, 0.5) is 5.69 Å². The van der Waals surface area contributed by atoms with Crippen LogP contribution >= 0.6 is 0 Å². The molecule has 0 atom stereocenters. The maximum atomic E-state index is 5.87. The zero-order chi connectivity index (χ0) is 15.1. The van der Waals surface area contributed by atoms with Crippen molar-refractivity contribution in [3.05, 3.63) is 41.0 Å². The van der Waals surface area contributed by atoms with Crippen molar-refractivity contribution in [3.8, 4) is 0 Å². The summed E-state index contributed by atoms with van der Waals surface area (Å²) < 4.78 is 4.21. The fourth-order valence-corrected chi connectivity index (χ4v) is 2.85. The van der Waals surface area contributed by atoms with Gasteiger partial charge in [-0.15, -0.1) is 0 Å². The van der Waals surface area contributed by atoms with Gasteiger partial charge in [0, 0.05) is 30.4 Å². The van der Waals surface area contributed by atoms with Gasteiger partial charge in [0.2, 0.25) is 0 Å². The van der Waals surface area contributed by atoms with Crippen molar-refractivity contribution in [2.45, 2.75) is 33.7 Å². The minimum atomic E-state index is 0.753. The number of hydrogen-bond acceptors (Lipinski definition) is 3. The Bertz CT molecular complexity index is 810. The largest absolute Gasteiger partial charge is 0.399 e. The van der Waals surface area contributed by atoms with Crippen LogP contribution in [-0.4, -0.2) is 19.3 Å². The average Bonchev–Trinajstić information content (AvgIpc) is 2.91. The molecule has 3 aromatic rings. The first-order valence-electron chi connectivity index (χ1n) is 7.25. The van der Waals surface area contributed by atoms with E-state index in [9.17, 15) is 0 Å². The summed E-state index contributed by atoms with van der Waals surface area (Å²) in [7, 11) is 1.99. The van der Waals surface area contributed by atoms with E-state index in [4.69, 9.17) is 10.7 Å². The summed E-state index contributed by atoms with van der Waals surface area (Å²) in [5.74, 6) is 1.08. The van der Waals surface area contributed by atoms with Crippen molar-refractivity contribution in [2.75, 3.05) is 5.73 Å². The summed E-state index contributed by atoms with van der Waals surface area (Å²) >= 11 is 0. The Morgan fingerprint density at radius 2 is 2.00 bits per heavy atom. The van der Waals surface area contributed by atoms with Crippen LogP contribution < -0.4 is 5.73 Å². The molecule has 0 spiro atoms. The number of imidazole rings is 1. The highest BCUT2D eigenvalue weighted by Crippen LogP contribution is 2.22. The summed E-state index contributed by atoms with van der Waals surface area (Å²) in [6.07, 6.45) is 0.896. The van der Waals surface area contributed by atoms with Crippen LogP contribution in [0.25, 0.3) is 11.0 Å². The highest BCUT2D eigenvalue weighted by Gasteiger charge is 2.15. The van der Waals surface area contributed by atoms with Gasteiger partial charge < -0.3 is 10.3 Å². The molecule has 0 aliphatic rings. The Kier molecular flexibility index (Phi) is 3.20. The number of rotatable bonds is 3. The first-order chi connectivity index (χ1) is 10.0. The molecule has 0 amide bonds. The van der Waals surface area contributed by atoms with Crippen LogP contribution in [-0.2, 0) is 20.0 Å². The monoisotopic (exact) mass is 283 g/mol. The summed E-state index contributed by atoms with van der Waals surface area (Å²) in [4.78, 5) is 4.71. The van der Waals surface area contributed by atoms with E-state index >= 15 is 0 Å². The molecule has 0 unspecified atom stereocenters. The Morgan fingerprint density at radius 3 is 2.62 bits per heavy atom. The zero-order valence-electron chi connectivity index (χ0n) is 13.0. The molecule has 1 aromatic carbocycles. The van der Waals surface area contributed by atoms with Gasteiger partial charge in [-0.2, -0.15) is 5.10 Å². The van der Waals surface area contributed by atoms with Gasteiger partial charge in [0.05, 0.1) is 23.3 Å². The van der Waals surface area contributed by atoms with E-state index in [2.05, 4.69) is 36.5 Å². The van der Waals surface area contributed by atoms with E-state index in [0.29, 0.717) is 0 Å². The third-order valence-corrected chi connectivity index (χ3v) is 4.14. The molecule has 21 heavy (non-hydrogen) atoms. The predicted octanol–water partition coefficient (Wildman–Crippen LogP) is 2.58. The maximum Gasteiger partial charge on any atom is 0.109 e. The van der Waals surface area contributed by atoms with Crippen LogP contribution in [0.15, 0.2) is 18.2 Å². The second kappa shape index (κ2) is 4.91. The van der Waals surface area contributed by atoms with Crippen LogP contribution in [0.5, 0.6) is 0 Å². The lowest BCUT2D eigenvalue weighted by atomic mass is 10.2. The molecule has 0 fully saturated rings. The smallest absolute Gasteiger partial charge is 0.109 e. The van der Waals surface area contributed by atoms with Crippen molar-refractivity contribution in [1.82, 2.24) is 19.3 Å². The third kappa shape index (κ3) is 2.18. The number of hydrogen-bond donors (Lipinski definition) is 1. The molecule has 0 radical (unpaired) electrons. The van der Waals surface area contributed by atoms with Crippen LogP contribution in [0.2, 0.25) is 0 Å². The fourth-order valence-electron chi connectivity index (χ4n) is 2.85. The van der Waals surface area contributed by atoms with E-state index in [1.165, 1.54) is 11.3 Å². The molecule has 5 heteroatoms. The van der Waals surface area contributed by atoms with E-state index in [-0.39, 0.29) is 0 Å². The first kappa shape index (κ1) is 13.7. The third-order valence-electron chi connectivity index (χ3n) is 4.14. The molecule has 0 aliphatic carbocycles. The summed E-state index contributed by atoms with van der Waals surface area (Å²) in [6, 6.07) is 5.93.